The van der Waals surface area contributed by atoms with E-state index in [1.165, 1.54) is 0 Å². The Kier molecular flexibility index (Phi) is 1.42. The van der Waals surface area contributed by atoms with Crippen molar-refractivity contribution < 1.29 is 9.13 Å². The van der Waals surface area contributed by atoms with Crippen LogP contribution < -0.4 is 5.32 Å². The van der Waals surface area contributed by atoms with Crippen molar-refractivity contribution in [2.75, 3.05) is 19.7 Å². The average molecular weight is 145 g/mol. The van der Waals surface area contributed by atoms with Gasteiger partial charge in [0.25, 0.3) is 0 Å². The van der Waals surface area contributed by atoms with Gasteiger partial charge in [-0.05, 0) is 0 Å². The van der Waals surface area contributed by atoms with Gasteiger partial charge in [-0.1, -0.05) is 0 Å². The Labute approximate surface area is 59.7 Å². The summed E-state index contributed by atoms with van der Waals surface area (Å²) in [5.74, 6) is 0. The van der Waals surface area contributed by atoms with Gasteiger partial charge in [0.15, 0.2) is 0 Å². The van der Waals surface area contributed by atoms with Crippen LogP contribution in [0, 0.1) is 0 Å². The molecule has 0 radical (unpaired) electrons. The van der Waals surface area contributed by atoms with Gasteiger partial charge in [0.1, 0.15) is 6.17 Å². The summed E-state index contributed by atoms with van der Waals surface area (Å²) in [4.78, 5) is 0. The molecule has 1 unspecified atom stereocenters. The first-order chi connectivity index (χ1) is 4.81. The van der Waals surface area contributed by atoms with Crippen LogP contribution in [0.5, 0.6) is 0 Å². The zero-order valence-electron chi connectivity index (χ0n) is 5.90. The standard InChI is InChI=1S/C7H12FNO/c8-6-1-2-10-7(3-6)4-9-5-7/h6,9H,1-5H2. The van der Waals surface area contributed by atoms with E-state index in [1.807, 2.05) is 0 Å². The topological polar surface area (TPSA) is 21.3 Å². The van der Waals surface area contributed by atoms with E-state index >= 15 is 0 Å². The highest BCUT2D eigenvalue weighted by Crippen LogP contribution is 2.29. The lowest BCUT2D eigenvalue weighted by Crippen LogP contribution is -2.63. The van der Waals surface area contributed by atoms with Crippen LogP contribution in [-0.2, 0) is 4.74 Å². The smallest absolute Gasteiger partial charge is 0.105 e. The molecule has 0 aromatic carbocycles. The number of hydrogen-bond donors (Lipinski definition) is 1. The van der Waals surface area contributed by atoms with Crippen molar-refractivity contribution >= 4 is 0 Å². The van der Waals surface area contributed by atoms with Gasteiger partial charge >= 0.3 is 0 Å². The van der Waals surface area contributed by atoms with Gasteiger partial charge < -0.3 is 10.1 Å². The quantitative estimate of drug-likeness (QED) is 0.535. The van der Waals surface area contributed by atoms with Crippen LogP contribution in [-0.4, -0.2) is 31.5 Å². The normalized spacial score (nSPS) is 37.5. The molecule has 0 aromatic heterocycles. The van der Waals surface area contributed by atoms with Gasteiger partial charge in [0, 0.05) is 25.9 Å². The molecule has 0 bridgehead atoms. The first-order valence-electron chi connectivity index (χ1n) is 3.80. The molecule has 1 N–H and O–H groups in total. The molecule has 0 amide bonds. The van der Waals surface area contributed by atoms with E-state index < -0.39 is 6.17 Å². The largest absolute Gasteiger partial charge is 0.372 e. The Hall–Kier alpha value is -0.150. The van der Waals surface area contributed by atoms with E-state index in [0.717, 1.165) is 13.1 Å². The Bertz CT molecular complexity index is 136. The molecule has 2 heterocycles. The summed E-state index contributed by atoms with van der Waals surface area (Å²) in [6.07, 6.45) is 0.553. The molecular weight excluding hydrogens is 133 g/mol. The van der Waals surface area contributed by atoms with Crippen molar-refractivity contribution in [3.63, 3.8) is 0 Å². The van der Waals surface area contributed by atoms with Crippen LogP contribution in [0.4, 0.5) is 4.39 Å². The molecule has 10 heavy (non-hydrogen) atoms. The lowest BCUT2D eigenvalue weighted by Gasteiger charge is -2.45. The number of alkyl halides is 1. The highest BCUT2D eigenvalue weighted by molar-refractivity contribution is 4.98. The summed E-state index contributed by atoms with van der Waals surface area (Å²) in [5.41, 5.74) is -0.113. The predicted octanol–water partition coefficient (Wildman–Crippen LogP) is 0.477. The maximum atomic E-state index is 12.8. The van der Waals surface area contributed by atoms with Crippen molar-refractivity contribution in [2.45, 2.75) is 24.6 Å². The summed E-state index contributed by atoms with van der Waals surface area (Å²) < 4.78 is 18.3. The predicted molar refractivity (Wildman–Crippen MR) is 35.7 cm³/mol. The number of nitrogens with one attached hydrogen (secondary N) is 1. The molecule has 2 rings (SSSR count). The number of rotatable bonds is 0. The van der Waals surface area contributed by atoms with E-state index in [0.29, 0.717) is 19.4 Å². The SMILES string of the molecule is FC1CCOC2(CNC2)C1. The highest BCUT2D eigenvalue weighted by atomic mass is 19.1. The van der Waals surface area contributed by atoms with E-state index in [-0.39, 0.29) is 5.60 Å². The van der Waals surface area contributed by atoms with Gasteiger partial charge in [-0.25, -0.2) is 4.39 Å². The first kappa shape index (κ1) is 6.55. The molecule has 2 nitrogen and oxygen atoms in total. The molecular formula is C7H12FNO. The zero-order chi connectivity index (χ0) is 7.03. The van der Waals surface area contributed by atoms with Crippen LogP contribution in [0.25, 0.3) is 0 Å². The van der Waals surface area contributed by atoms with E-state index in [9.17, 15) is 4.39 Å². The maximum absolute atomic E-state index is 12.8. The molecule has 58 valence electrons. The Morgan fingerprint density at radius 3 is 2.70 bits per heavy atom. The summed E-state index contributed by atoms with van der Waals surface area (Å²) in [6, 6.07) is 0. The molecule has 3 heteroatoms. The molecule has 0 aliphatic carbocycles. The highest BCUT2D eigenvalue weighted by Gasteiger charge is 2.42. The second kappa shape index (κ2) is 2.17. The Morgan fingerprint density at radius 2 is 2.30 bits per heavy atom. The number of ether oxygens (including phenoxy) is 1. The average Bonchev–Trinajstić information content (AvgIpc) is 1.85. The summed E-state index contributed by atoms with van der Waals surface area (Å²) in [7, 11) is 0. The third-order valence-corrected chi connectivity index (χ3v) is 2.33. The van der Waals surface area contributed by atoms with Crippen LogP contribution in [0.15, 0.2) is 0 Å². The van der Waals surface area contributed by atoms with E-state index in [4.69, 9.17) is 4.74 Å². The van der Waals surface area contributed by atoms with Gasteiger partial charge in [0.05, 0.1) is 12.2 Å². The molecule has 0 saturated carbocycles. The lowest BCUT2D eigenvalue weighted by molar-refractivity contribution is -0.129. The zero-order valence-corrected chi connectivity index (χ0v) is 5.90. The van der Waals surface area contributed by atoms with Crippen LogP contribution in [0.2, 0.25) is 0 Å². The summed E-state index contributed by atoms with van der Waals surface area (Å²) in [6.45, 7) is 2.28. The van der Waals surface area contributed by atoms with Crippen molar-refractivity contribution in [1.82, 2.24) is 5.32 Å². The Balaban J connectivity index is 1.96. The van der Waals surface area contributed by atoms with Gasteiger partial charge in [-0.3, -0.25) is 0 Å². The van der Waals surface area contributed by atoms with Crippen molar-refractivity contribution in [2.24, 2.45) is 0 Å². The maximum Gasteiger partial charge on any atom is 0.105 e. The van der Waals surface area contributed by atoms with Crippen LogP contribution in [0.1, 0.15) is 12.8 Å². The Morgan fingerprint density at radius 1 is 1.50 bits per heavy atom. The molecule has 1 spiro atoms. The van der Waals surface area contributed by atoms with Crippen LogP contribution in [0.3, 0.4) is 0 Å². The van der Waals surface area contributed by atoms with Gasteiger partial charge in [-0.15, -0.1) is 0 Å². The number of hydrogen-bond acceptors (Lipinski definition) is 2. The molecule has 1 atom stereocenters. The minimum absolute atomic E-state index is 0.113. The molecule has 2 fully saturated rings. The summed E-state index contributed by atoms with van der Waals surface area (Å²) >= 11 is 0. The molecule has 2 aliphatic heterocycles. The lowest BCUT2D eigenvalue weighted by atomic mass is 9.87. The van der Waals surface area contributed by atoms with Gasteiger partial charge in [-0.2, -0.15) is 0 Å². The monoisotopic (exact) mass is 145 g/mol. The third-order valence-electron chi connectivity index (χ3n) is 2.33. The second-order valence-corrected chi connectivity index (χ2v) is 3.23. The molecule has 2 aliphatic rings. The minimum atomic E-state index is -0.629. The van der Waals surface area contributed by atoms with Crippen molar-refractivity contribution in [3.8, 4) is 0 Å². The van der Waals surface area contributed by atoms with Crippen molar-refractivity contribution in [1.29, 1.82) is 0 Å². The van der Waals surface area contributed by atoms with E-state index in [2.05, 4.69) is 5.32 Å². The van der Waals surface area contributed by atoms with Crippen LogP contribution >= 0.6 is 0 Å². The molecule has 0 aromatic rings. The van der Waals surface area contributed by atoms with E-state index in [1.54, 1.807) is 0 Å². The fourth-order valence-electron chi connectivity index (χ4n) is 1.62. The van der Waals surface area contributed by atoms with Gasteiger partial charge in [0.2, 0.25) is 0 Å². The molecule has 2 saturated heterocycles. The minimum Gasteiger partial charge on any atom is -0.372 e. The fraction of sp³-hybridized carbons (Fsp3) is 1.00. The number of halogens is 1. The second-order valence-electron chi connectivity index (χ2n) is 3.23. The summed E-state index contributed by atoms with van der Waals surface area (Å²) in [5, 5.41) is 3.10. The van der Waals surface area contributed by atoms with Crippen molar-refractivity contribution in [3.05, 3.63) is 0 Å². The third kappa shape index (κ3) is 0.935. The fourth-order valence-corrected chi connectivity index (χ4v) is 1.62. The first-order valence-corrected chi connectivity index (χ1v) is 3.80.